The van der Waals surface area contributed by atoms with Gasteiger partial charge in [0.2, 0.25) is 5.91 Å². The number of nitrogens with zero attached hydrogens (tertiary/aromatic N) is 1. The number of nitrogens with one attached hydrogen (secondary N) is 2. The first-order chi connectivity index (χ1) is 6.86. The minimum absolute atomic E-state index is 0.105. The van der Waals surface area contributed by atoms with Gasteiger partial charge in [0.15, 0.2) is 0 Å². The van der Waals surface area contributed by atoms with Gasteiger partial charge in [-0.25, -0.2) is 0 Å². The fourth-order valence-corrected chi connectivity index (χ4v) is 1.70. The standard InChI is InChI=1S/C10H15N3O/c14-10(9-4-3-5-11-8-9)12-13-6-1-2-7-13/h1-2,6-7,9,11H,3-5,8H2,(H,12,14). The van der Waals surface area contributed by atoms with Crippen molar-refractivity contribution in [2.24, 2.45) is 5.92 Å². The number of rotatable bonds is 2. The molecule has 1 aromatic rings. The Bertz CT molecular complexity index is 288. The van der Waals surface area contributed by atoms with Gasteiger partial charge >= 0.3 is 0 Å². The lowest BCUT2D eigenvalue weighted by Crippen LogP contribution is -2.39. The molecule has 76 valence electrons. The van der Waals surface area contributed by atoms with Crippen LogP contribution in [0, 0.1) is 5.92 Å². The average Bonchev–Trinajstić information content (AvgIpc) is 2.72. The van der Waals surface area contributed by atoms with Crippen LogP contribution in [0.4, 0.5) is 0 Å². The molecule has 1 fully saturated rings. The Morgan fingerprint density at radius 1 is 1.43 bits per heavy atom. The highest BCUT2D eigenvalue weighted by Crippen LogP contribution is 2.09. The Labute approximate surface area is 83.3 Å². The quantitative estimate of drug-likeness (QED) is 0.721. The number of carbonyl (C=O) groups is 1. The SMILES string of the molecule is O=C(Nn1cccc1)C1CCCNC1. The predicted molar refractivity (Wildman–Crippen MR) is 54.4 cm³/mol. The van der Waals surface area contributed by atoms with Gasteiger partial charge in [-0.3, -0.25) is 14.9 Å². The first-order valence-electron chi connectivity index (χ1n) is 5.01. The lowest BCUT2D eigenvalue weighted by Gasteiger charge is -2.21. The summed E-state index contributed by atoms with van der Waals surface area (Å²) < 4.78 is 1.69. The van der Waals surface area contributed by atoms with Crippen LogP contribution in [-0.4, -0.2) is 23.7 Å². The summed E-state index contributed by atoms with van der Waals surface area (Å²) in [4.78, 5) is 11.7. The van der Waals surface area contributed by atoms with Crippen LogP contribution in [0.25, 0.3) is 0 Å². The Morgan fingerprint density at radius 3 is 2.86 bits per heavy atom. The first kappa shape index (κ1) is 9.27. The zero-order valence-corrected chi connectivity index (χ0v) is 8.07. The second kappa shape index (κ2) is 4.28. The Kier molecular flexibility index (Phi) is 2.84. The minimum Gasteiger partial charge on any atom is -0.316 e. The van der Waals surface area contributed by atoms with E-state index >= 15 is 0 Å². The molecule has 1 atom stereocenters. The van der Waals surface area contributed by atoms with E-state index in [0.717, 1.165) is 25.9 Å². The molecule has 1 amide bonds. The molecule has 0 spiro atoms. The van der Waals surface area contributed by atoms with Crippen molar-refractivity contribution < 1.29 is 4.79 Å². The highest BCUT2D eigenvalue weighted by atomic mass is 16.2. The molecule has 0 aromatic carbocycles. The van der Waals surface area contributed by atoms with Gasteiger partial charge in [-0.15, -0.1) is 0 Å². The van der Waals surface area contributed by atoms with Crippen molar-refractivity contribution in [3.8, 4) is 0 Å². The van der Waals surface area contributed by atoms with E-state index < -0.39 is 0 Å². The number of amides is 1. The van der Waals surface area contributed by atoms with Gasteiger partial charge in [0.25, 0.3) is 0 Å². The van der Waals surface area contributed by atoms with Gasteiger partial charge in [0.1, 0.15) is 0 Å². The van der Waals surface area contributed by atoms with Crippen LogP contribution in [0.2, 0.25) is 0 Å². The summed E-state index contributed by atoms with van der Waals surface area (Å²) in [6.07, 6.45) is 5.73. The molecule has 1 unspecified atom stereocenters. The molecule has 0 saturated carbocycles. The summed E-state index contributed by atoms with van der Waals surface area (Å²) in [6.45, 7) is 1.83. The summed E-state index contributed by atoms with van der Waals surface area (Å²) in [5.41, 5.74) is 2.83. The summed E-state index contributed by atoms with van der Waals surface area (Å²) >= 11 is 0. The fraction of sp³-hybridized carbons (Fsp3) is 0.500. The Hall–Kier alpha value is -1.29. The Morgan fingerprint density at radius 2 is 2.21 bits per heavy atom. The monoisotopic (exact) mass is 193 g/mol. The zero-order chi connectivity index (χ0) is 9.80. The van der Waals surface area contributed by atoms with Gasteiger partial charge in [-0.2, -0.15) is 0 Å². The highest BCUT2D eigenvalue weighted by molar-refractivity contribution is 5.86. The molecule has 1 saturated heterocycles. The van der Waals surface area contributed by atoms with E-state index in [1.165, 1.54) is 0 Å². The third kappa shape index (κ3) is 2.14. The topological polar surface area (TPSA) is 46.1 Å². The van der Waals surface area contributed by atoms with Crippen LogP contribution < -0.4 is 10.7 Å². The van der Waals surface area contributed by atoms with Crippen LogP contribution in [-0.2, 0) is 4.79 Å². The molecule has 0 radical (unpaired) electrons. The highest BCUT2D eigenvalue weighted by Gasteiger charge is 2.20. The second-order valence-electron chi connectivity index (χ2n) is 3.61. The number of aromatic nitrogens is 1. The number of hydrogen-bond donors (Lipinski definition) is 2. The molecule has 2 heterocycles. The normalized spacial score (nSPS) is 21.9. The number of piperidine rings is 1. The van der Waals surface area contributed by atoms with Crippen LogP contribution in [0.5, 0.6) is 0 Å². The van der Waals surface area contributed by atoms with Gasteiger partial charge < -0.3 is 5.32 Å². The zero-order valence-electron chi connectivity index (χ0n) is 8.07. The minimum atomic E-state index is 0.105. The molecule has 0 aliphatic carbocycles. The van der Waals surface area contributed by atoms with Crippen molar-refractivity contribution in [1.82, 2.24) is 9.99 Å². The predicted octanol–water partition coefficient (Wildman–Crippen LogP) is 0.558. The number of carbonyl (C=O) groups excluding carboxylic acids is 1. The first-order valence-corrected chi connectivity index (χ1v) is 5.01. The molecule has 1 aliphatic heterocycles. The van der Waals surface area contributed by atoms with Crippen LogP contribution >= 0.6 is 0 Å². The molecular weight excluding hydrogens is 178 g/mol. The maximum atomic E-state index is 11.7. The molecule has 4 nitrogen and oxygen atoms in total. The van der Waals surface area contributed by atoms with Gasteiger partial charge in [0.05, 0.1) is 5.92 Å². The van der Waals surface area contributed by atoms with E-state index in [2.05, 4.69) is 10.7 Å². The van der Waals surface area contributed by atoms with Crippen LogP contribution in [0.15, 0.2) is 24.5 Å². The number of hydrogen-bond acceptors (Lipinski definition) is 2. The molecule has 1 aromatic heterocycles. The molecule has 2 N–H and O–H groups in total. The van der Waals surface area contributed by atoms with E-state index in [9.17, 15) is 4.79 Å². The lowest BCUT2D eigenvalue weighted by atomic mass is 9.99. The lowest BCUT2D eigenvalue weighted by molar-refractivity contribution is -0.121. The van der Waals surface area contributed by atoms with Crippen molar-refractivity contribution >= 4 is 5.91 Å². The smallest absolute Gasteiger partial charge is 0.243 e. The van der Waals surface area contributed by atoms with E-state index in [0.29, 0.717) is 0 Å². The van der Waals surface area contributed by atoms with Crippen LogP contribution in [0.1, 0.15) is 12.8 Å². The largest absolute Gasteiger partial charge is 0.316 e. The molecule has 4 heteroatoms. The molecule has 1 aliphatic rings. The van der Waals surface area contributed by atoms with Gasteiger partial charge in [-0.1, -0.05) is 0 Å². The van der Waals surface area contributed by atoms with Crippen molar-refractivity contribution in [2.75, 3.05) is 18.5 Å². The fourth-order valence-electron chi connectivity index (χ4n) is 1.70. The van der Waals surface area contributed by atoms with E-state index in [1.54, 1.807) is 4.68 Å². The summed E-state index contributed by atoms with van der Waals surface area (Å²) in [5, 5.41) is 3.23. The molecule has 14 heavy (non-hydrogen) atoms. The van der Waals surface area contributed by atoms with Crippen molar-refractivity contribution in [3.63, 3.8) is 0 Å². The molecule has 0 bridgehead atoms. The maximum absolute atomic E-state index is 11.7. The average molecular weight is 193 g/mol. The molecular formula is C10H15N3O. The van der Waals surface area contributed by atoms with Gasteiger partial charge in [0, 0.05) is 18.9 Å². The third-order valence-electron chi connectivity index (χ3n) is 2.51. The summed E-state index contributed by atoms with van der Waals surface area (Å²) in [6, 6.07) is 3.78. The summed E-state index contributed by atoms with van der Waals surface area (Å²) in [5.74, 6) is 0.222. The summed E-state index contributed by atoms with van der Waals surface area (Å²) in [7, 11) is 0. The second-order valence-corrected chi connectivity index (χ2v) is 3.61. The van der Waals surface area contributed by atoms with Crippen LogP contribution in [0.3, 0.4) is 0 Å². The van der Waals surface area contributed by atoms with E-state index in [1.807, 2.05) is 24.5 Å². The maximum Gasteiger partial charge on any atom is 0.243 e. The van der Waals surface area contributed by atoms with E-state index in [-0.39, 0.29) is 11.8 Å². The molecule has 2 rings (SSSR count). The van der Waals surface area contributed by atoms with Crippen molar-refractivity contribution in [1.29, 1.82) is 0 Å². The van der Waals surface area contributed by atoms with Gasteiger partial charge in [-0.05, 0) is 31.5 Å². The Balaban J connectivity index is 1.88. The van der Waals surface area contributed by atoms with Crippen molar-refractivity contribution in [2.45, 2.75) is 12.8 Å². The third-order valence-corrected chi connectivity index (χ3v) is 2.51. The van der Waals surface area contributed by atoms with Crippen molar-refractivity contribution in [3.05, 3.63) is 24.5 Å². The van der Waals surface area contributed by atoms with E-state index in [4.69, 9.17) is 0 Å².